The minimum absolute atomic E-state index is 0.0131. The number of hydrogen-bond acceptors (Lipinski definition) is 5. The molecule has 1 aliphatic rings. The van der Waals surface area contributed by atoms with Gasteiger partial charge in [0.05, 0.1) is 24.5 Å². The van der Waals surface area contributed by atoms with Gasteiger partial charge in [0, 0.05) is 37.7 Å². The second kappa shape index (κ2) is 11.6. The van der Waals surface area contributed by atoms with Crippen molar-refractivity contribution in [2.24, 2.45) is 11.8 Å². The van der Waals surface area contributed by atoms with Gasteiger partial charge in [-0.15, -0.1) is 0 Å². The third-order valence-corrected chi connectivity index (χ3v) is 7.15. The van der Waals surface area contributed by atoms with Crippen molar-refractivity contribution >= 4 is 17.6 Å². The maximum Gasteiger partial charge on any atom is 0.253 e. The number of hydrogen-bond donors (Lipinski definition) is 0. The van der Waals surface area contributed by atoms with Crippen LogP contribution in [0.2, 0.25) is 0 Å². The van der Waals surface area contributed by atoms with Crippen LogP contribution in [-0.4, -0.2) is 49.2 Å². The first-order valence-electron chi connectivity index (χ1n) is 12.9. The highest BCUT2D eigenvalue weighted by molar-refractivity contribution is 5.94. The molecular weight excluding hydrogens is 474 g/mol. The topological polar surface area (TPSA) is 75.5 Å². The molecule has 2 heterocycles. The highest BCUT2D eigenvalue weighted by Crippen LogP contribution is 2.33. The Morgan fingerprint density at radius 1 is 1.08 bits per heavy atom. The van der Waals surface area contributed by atoms with Crippen LogP contribution < -0.4 is 4.74 Å². The van der Waals surface area contributed by atoms with Crippen molar-refractivity contribution in [1.29, 1.82) is 5.26 Å². The Hall–Kier alpha value is -3.95. The number of pyridine rings is 1. The van der Waals surface area contributed by atoms with Crippen LogP contribution in [0.3, 0.4) is 0 Å². The number of nitriles is 1. The monoisotopic (exact) mass is 509 g/mol. The van der Waals surface area contributed by atoms with Crippen LogP contribution in [0.4, 0.5) is 0 Å². The molecule has 1 fully saturated rings. The normalized spacial score (nSPS) is 19.5. The zero-order valence-electron chi connectivity index (χ0n) is 23.0. The van der Waals surface area contributed by atoms with Crippen molar-refractivity contribution in [3.05, 3.63) is 82.7 Å². The summed E-state index contributed by atoms with van der Waals surface area (Å²) >= 11 is 0. The minimum atomic E-state index is -0.0201. The van der Waals surface area contributed by atoms with E-state index in [1.807, 2.05) is 62.4 Å². The zero-order valence-corrected chi connectivity index (χ0v) is 23.0. The van der Waals surface area contributed by atoms with Gasteiger partial charge in [0.2, 0.25) is 0 Å². The molecule has 0 bridgehead atoms. The summed E-state index contributed by atoms with van der Waals surface area (Å²) in [7, 11) is 3.49. The SMILES string of the molecule is C/C(=C\c1nccc(-c2ccc(OC3[C@H](C)COC[C@@H]3C)c(C#N)c2)c1C)c1ccc(C(=O)N(C)C)cc1. The van der Waals surface area contributed by atoms with E-state index in [9.17, 15) is 10.1 Å². The number of aromatic nitrogens is 1. The third-order valence-electron chi connectivity index (χ3n) is 7.15. The maximum absolute atomic E-state index is 12.2. The summed E-state index contributed by atoms with van der Waals surface area (Å²) in [5.74, 6) is 1.11. The van der Waals surface area contributed by atoms with Crippen LogP contribution in [0.25, 0.3) is 22.8 Å². The van der Waals surface area contributed by atoms with E-state index in [1.54, 1.807) is 25.2 Å². The summed E-state index contributed by atoms with van der Waals surface area (Å²) in [6.07, 6.45) is 3.86. The van der Waals surface area contributed by atoms with E-state index in [2.05, 4.69) is 31.0 Å². The fourth-order valence-corrected chi connectivity index (χ4v) is 4.89. The van der Waals surface area contributed by atoms with E-state index in [0.29, 0.717) is 30.1 Å². The first-order chi connectivity index (χ1) is 18.2. The highest BCUT2D eigenvalue weighted by atomic mass is 16.5. The smallest absolute Gasteiger partial charge is 0.253 e. The number of ether oxygens (including phenoxy) is 2. The van der Waals surface area contributed by atoms with Gasteiger partial charge in [-0.3, -0.25) is 9.78 Å². The number of benzene rings is 2. The first-order valence-corrected chi connectivity index (χ1v) is 12.9. The summed E-state index contributed by atoms with van der Waals surface area (Å²) in [5, 5.41) is 9.90. The Morgan fingerprint density at radius 3 is 2.37 bits per heavy atom. The van der Waals surface area contributed by atoms with Crippen LogP contribution in [-0.2, 0) is 4.74 Å². The Labute approximate surface area is 225 Å². The van der Waals surface area contributed by atoms with Crippen molar-refractivity contribution in [2.45, 2.75) is 33.8 Å². The van der Waals surface area contributed by atoms with Crippen molar-refractivity contribution in [3.8, 4) is 22.9 Å². The lowest BCUT2D eigenvalue weighted by molar-refractivity contribution is -0.0551. The number of carbonyl (C=O) groups excluding carboxylic acids is 1. The van der Waals surface area contributed by atoms with Gasteiger partial charge in [-0.25, -0.2) is 0 Å². The van der Waals surface area contributed by atoms with Crippen LogP contribution >= 0.6 is 0 Å². The predicted octanol–water partition coefficient (Wildman–Crippen LogP) is 6.24. The van der Waals surface area contributed by atoms with Crippen LogP contribution in [0.1, 0.15) is 53.5 Å². The molecule has 0 N–H and O–H groups in total. The van der Waals surface area contributed by atoms with E-state index in [-0.39, 0.29) is 23.8 Å². The minimum Gasteiger partial charge on any atom is -0.488 e. The van der Waals surface area contributed by atoms with Crippen LogP contribution in [0.15, 0.2) is 54.7 Å². The molecule has 1 unspecified atom stereocenters. The molecule has 3 atom stereocenters. The number of nitrogens with zero attached hydrogens (tertiary/aromatic N) is 3. The fraction of sp³-hybridized carbons (Fsp3) is 0.344. The molecule has 1 amide bonds. The van der Waals surface area contributed by atoms with Crippen molar-refractivity contribution < 1.29 is 14.3 Å². The van der Waals surface area contributed by atoms with E-state index >= 15 is 0 Å². The molecule has 2 aromatic carbocycles. The highest BCUT2D eigenvalue weighted by Gasteiger charge is 2.31. The van der Waals surface area contributed by atoms with Gasteiger partial charge in [0.15, 0.2) is 0 Å². The molecule has 1 saturated heterocycles. The lowest BCUT2D eigenvalue weighted by Crippen LogP contribution is -2.41. The molecule has 4 rings (SSSR count). The molecular formula is C32H35N3O3. The van der Waals surface area contributed by atoms with Crippen molar-refractivity contribution in [1.82, 2.24) is 9.88 Å². The number of amides is 1. The standard InChI is InChI=1S/C32H35N3O3/c1-20(24-7-9-25(10-8-24)32(36)35(5)6)15-29-23(4)28(13-14-34-29)26-11-12-30(27(16-26)17-33)38-31-21(2)18-37-19-22(31)3/h7-16,21-22,31H,18-19H2,1-6H3/b20-15+/t21-,22+,31?. The largest absolute Gasteiger partial charge is 0.488 e. The molecule has 0 aliphatic carbocycles. The van der Waals surface area contributed by atoms with Gasteiger partial charge >= 0.3 is 0 Å². The molecule has 0 saturated carbocycles. The Kier molecular flexibility index (Phi) is 8.29. The Balaban J connectivity index is 1.60. The van der Waals surface area contributed by atoms with Crippen LogP contribution in [0.5, 0.6) is 5.75 Å². The number of carbonyl (C=O) groups is 1. The molecule has 6 nitrogen and oxygen atoms in total. The van der Waals surface area contributed by atoms with Gasteiger partial charge in [0.1, 0.15) is 17.9 Å². The summed E-state index contributed by atoms with van der Waals surface area (Å²) in [5.41, 5.74) is 7.09. The molecule has 38 heavy (non-hydrogen) atoms. The summed E-state index contributed by atoms with van der Waals surface area (Å²) in [6, 6.07) is 17.7. The van der Waals surface area contributed by atoms with Gasteiger partial charge < -0.3 is 14.4 Å². The average Bonchev–Trinajstić information content (AvgIpc) is 2.91. The second-order valence-electron chi connectivity index (χ2n) is 10.4. The molecule has 1 aliphatic heterocycles. The van der Waals surface area contributed by atoms with Crippen LogP contribution in [0, 0.1) is 30.1 Å². The first kappa shape index (κ1) is 27.1. The quantitative estimate of drug-likeness (QED) is 0.393. The van der Waals surface area contributed by atoms with Gasteiger partial charge in [-0.2, -0.15) is 5.26 Å². The molecule has 0 spiro atoms. The molecule has 3 aromatic rings. The van der Waals surface area contributed by atoms with Gasteiger partial charge in [-0.05, 0) is 78.1 Å². The number of rotatable bonds is 6. The lowest BCUT2D eigenvalue weighted by Gasteiger charge is -2.34. The molecule has 1 aromatic heterocycles. The Morgan fingerprint density at radius 2 is 1.74 bits per heavy atom. The summed E-state index contributed by atoms with van der Waals surface area (Å²) in [4.78, 5) is 18.4. The van der Waals surface area contributed by atoms with E-state index in [1.165, 1.54) is 0 Å². The maximum atomic E-state index is 12.2. The molecule has 196 valence electrons. The van der Waals surface area contributed by atoms with Gasteiger partial charge in [-0.1, -0.05) is 32.0 Å². The zero-order chi connectivity index (χ0) is 27.4. The predicted molar refractivity (Wildman–Crippen MR) is 151 cm³/mol. The average molecular weight is 510 g/mol. The summed E-state index contributed by atoms with van der Waals surface area (Å²) in [6.45, 7) is 9.65. The fourth-order valence-electron chi connectivity index (χ4n) is 4.89. The lowest BCUT2D eigenvalue weighted by atomic mass is 9.92. The summed E-state index contributed by atoms with van der Waals surface area (Å²) < 4.78 is 12.0. The van der Waals surface area contributed by atoms with Crippen molar-refractivity contribution in [2.75, 3.05) is 27.3 Å². The molecule has 0 radical (unpaired) electrons. The van der Waals surface area contributed by atoms with E-state index in [4.69, 9.17) is 9.47 Å². The molecule has 6 heteroatoms. The number of allylic oxidation sites excluding steroid dienone is 1. The van der Waals surface area contributed by atoms with E-state index < -0.39 is 0 Å². The third kappa shape index (κ3) is 5.79. The van der Waals surface area contributed by atoms with Crippen molar-refractivity contribution in [3.63, 3.8) is 0 Å². The second-order valence-corrected chi connectivity index (χ2v) is 10.4. The van der Waals surface area contributed by atoms with Gasteiger partial charge in [0.25, 0.3) is 5.91 Å². The van der Waals surface area contributed by atoms with E-state index in [0.717, 1.165) is 33.5 Å². The Bertz CT molecular complexity index is 1380.